The molecule has 1 aliphatic carbocycles. The molecule has 0 bridgehead atoms. The van der Waals surface area contributed by atoms with Gasteiger partial charge in [0.25, 0.3) is 0 Å². The van der Waals surface area contributed by atoms with Crippen molar-refractivity contribution < 1.29 is 0 Å². The van der Waals surface area contributed by atoms with Crippen molar-refractivity contribution in [3.8, 4) is 0 Å². The quantitative estimate of drug-likeness (QED) is 0.851. The summed E-state index contributed by atoms with van der Waals surface area (Å²) in [5, 5.41) is 6.86. The van der Waals surface area contributed by atoms with E-state index in [0.717, 1.165) is 30.0 Å². The fourth-order valence-electron chi connectivity index (χ4n) is 2.77. The Morgan fingerprint density at radius 1 is 1.22 bits per heavy atom. The Morgan fingerprint density at radius 3 is 2.78 bits per heavy atom. The smallest absolute Gasteiger partial charge is 0.128 e. The molecule has 3 heteroatoms. The molecule has 100 valence electrons. The molecule has 2 N–H and O–H groups in total. The largest absolute Gasteiger partial charge is 0.370 e. The Bertz CT molecular complexity index is 378. The highest BCUT2D eigenvalue weighted by Crippen LogP contribution is 2.31. The van der Waals surface area contributed by atoms with Gasteiger partial charge in [0.2, 0.25) is 0 Å². The van der Waals surface area contributed by atoms with Crippen LogP contribution >= 0.6 is 0 Å². The summed E-state index contributed by atoms with van der Waals surface area (Å²) in [5.74, 6) is 3.50. The van der Waals surface area contributed by atoms with Crippen molar-refractivity contribution in [1.29, 1.82) is 0 Å². The third-order valence-electron chi connectivity index (χ3n) is 4.15. The molecule has 0 radical (unpaired) electrons. The maximum atomic E-state index is 4.59. The predicted octanol–water partition coefficient (Wildman–Crippen LogP) is 3.75. The standard InChI is InChI=1S/C15H25N3/c1-4-16-14-9-6-10-15(18-14)17-13-8-5-7-11(2)12(13)3/h6,9-13H,4-5,7-8H2,1-3H3,(H2,16,17,18). The molecule has 2 rings (SSSR count). The third kappa shape index (κ3) is 3.15. The number of nitrogens with one attached hydrogen (secondary N) is 2. The first kappa shape index (κ1) is 13.2. The van der Waals surface area contributed by atoms with Gasteiger partial charge in [-0.1, -0.05) is 32.8 Å². The van der Waals surface area contributed by atoms with Gasteiger partial charge in [-0.15, -0.1) is 0 Å². The molecule has 1 heterocycles. The molecule has 18 heavy (non-hydrogen) atoms. The van der Waals surface area contributed by atoms with Crippen molar-refractivity contribution in [3.63, 3.8) is 0 Å². The van der Waals surface area contributed by atoms with E-state index in [2.05, 4.69) is 48.5 Å². The molecule has 1 saturated carbocycles. The molecule has 0 spiro atoms. The van der Waals surface area contributed by atoms with Gasteiger partial charge in [0.1, 0.15) is 11.6 Å². The van der Waals surface area contributed by atoms with Crippen molar-refractivity contribution in [1.82, 2.24) is 4.98 Å². The van der Waals surface area contributed by atoms with Crippen molar-refractivity contribution in [2.45, 2.75) is 46.1 Å². The van der Waals surface area contributed by atoms with Gasteiger partial charge in [0.15, 0.2) is 0 Å². The average molecular weight is 247 g/mol. The summed E-state index contributed by atoms with van der Waals surface area (Å²) in [6, 6.07) is 6.71. The lowest BCUT2D eigenvalue weighted by Crippen LogP contribution is -2.35. The molecule has 0 amide bonds. The second kappa shape index (κ2) is 6.07. The molecule has 0 aliphatic heterocycles. The fraction of sp³-hybridized carbons (Fsp3) is 0.667. The van der Waals surface area contributed by atoms with E-state index in [0.29, 0.717) is 6.04 Å². The maximum Gasteiger partial charge on any atom is 0.128 e. The zero-order valence-corrected chi connectivity index (χ0v) is 11.7. The minimum absolute atomic E-state index is 0.568. The number of anilines is 2. The lowest BCUT2D eigenvalue weighted by atomic mass is 9.78. The summed E-state index contributed by atoms with van der Waals surface area (Å²) >= 11 is 0. The fourth-order valence-corrected chi connectivity index (χ4v) is 2.77. The van der Waals surface area contributed by atoms with Crippen LogP contribution in [-0.2, 0) is 0 Å². The van der Waals surface area contributed by atoms with E-state index in [1.807, 2.05) is 6.07 Å². The lowest BCUT2D eigenvalue weighted by Gasteiger charge is -2.35. The van der Waals surface area contributed by atoms with E-state index in [1.165, 1.54) is 19.3 Å². The van der Waals surface area contributed by atoms with E-state index in [-0.39, 0.29) is 0 Å². The van der Waals surface area contributed by atoms with Gasteiger partial charge >= 0.3 is 0 Å². The summed E-state index contributed by atoms with van der Waals surface area (Å²) in [5.41, 5.74) is 0. The van der Waals surface area contributed by atoms with Crippen LogP contribution in [0.4, 0.5) is 11.6 Å². The lowest BCUT2D eigenvalue weighted by molar-refractivity contribution is 0.253. The van der Waals surface area contributed by atoms with Crippen LogP contribution in [-0.4, -0.2) is 17.6 Å². The van der Waals surface area contributed by atoms with E-state index < -0.39 is 0 Å². The van der Waals surface area contributed by atoms with E-state index in [4.69, 9.17) is 0 Å². The van der Waals surface area contributed by atoms with Crippen LogP contribution in [0, 0.1) is 11.8 Å². The van der Waals surface area contributed by atoms with Crippen molar-refractivity contribution in [2.75, 3.05) is 17.2 Å². The minimum atomic E-state index is 0.568. The molecule has 1 aliphatic rings. The highest BCUT2D eigenvalue weighted by molar-refractivity contribution is 5.45. The summed E-state index contributed by atoms with van der Waals surface area (Å²) in [4.78, 5) is 4.59. The minimum Gasteiger partial charge on any atom is -0.370 e. The SMILES string of the molecule is CCNc1cccc(NC2CCCC(C)C2C)n1. The van der Waals surface area contributed by atoms with Gasteiger partial charge in [-0.25, -0.2) is 4.98 Å². The summed E-state index contributed by atoms with van der Waals surface area (Å²) in [6.45, 7) is 7.72. The Balaban J connectivity index is 2.01. The zero-order chi connectivity index (χ0) is 13.0. The second-order valence-electron chi connectivity index (χ2n) is 5.46. The van der Waals surface area contributed by atoms with Gasteiger partial charge in [-0.05, 0) is 37.3 Å². The summed E-state index contributed by atoms with van der Waals surface area (Å²) in [6.07, 6.45) is 3.96. The molecule has 3 unspecified atom stereocenters. The van der Waals surface area contributed by atoms with E-state index in [9.17, 15) is 0 Å². The number of nitrogens with zero attached hydrogens (tertiary/aromatic N) is 1. The molecule has 1 aromatic rings. The number of rotatable bonds is 4. The first-order valence-electron chi connectivity index (χ1n) is 7.18. The number of aromatic nitrogens is 1. The van der Waals surface area contributed by atoms with Gasteiger partial charge in [0.05, 0.1) is 0 Å². The summed E-state index contributed by atoms with van der Waals surface area (Å²) in [7, 11) is 0. The van der Waals surface area contributed by atoms with Crippen LogP contribution in [0.5, 0.6) is 0 Å². The Kier molecular flexibility index (Phi) is 4.45. The zero-order valence-electron chi connectivity index (χ0n) is 11.7. The highest BCUT2D eigenvalue weighted by atomic mass is 15.1. The van der Waals surface area contributed by atoms with Gasteiger partial charge in [-0.3, -0.25) is 0 Å². The van der Waals surface area contributed by atoms with Crippen molar-refractivity contribution in [3.05, 3.63) is 18.2 Å². The average Bonchev–Trinajstić information content (AvgIpc) is 2.36. The predicted molar refractivity (Wildman–Crippen MR) is 78.0 cm³/mol. The second-order valence-corrected chi connectivity index (χ2v) is 5.46. The van der Waals surface area contributed by atoms with Crippen molar-refractivity contribution in [2.24, 2.45) is 11.8 Å². The molecule has 0 saturated heterocycles. The monoisotopic (exact) mass is 247 g/mol. The Labute approximate surface area is 110 Å². The van der Waals surface area contributed by atoms with Crippen LogP contribution in [0.1, 0.15) is 40.0 Å². The van der Waals surface area contributed by atoms with Gasteiger partial charge in [-0.2, -0.15) is 0 Å². The molecular formula is C15H25N3. The van der Waals surface area contributed by atoms with E-state index >= 15 is 0 Å². The van der Waals surface area contributed by atoms with Gasteiger partial charge in [0, 0.05) is 12.6 Å². The van der Waals surface area contributed by atoms with Crippen LogP contribution in [0.25, 0.3) is 0 Å². The molecule has 1 fully saturated rings. The molecule has 3 atom stereocenters. The highest BCUT2D eigenvalue weighted by Gasteiger charge is 2.26. The topological polar surface area (TPSA) is 37.0 Å². The molecule has 1 aromatic heterocycles. The van der Waals surface area contributed by atoms with Crippen molar-refractivity contribution >= 4 is 11.6 Å². The number of hydrogen-bond acceptors (Lipinski definition) is 3. The Morgan fingerprint density at radius 2 is 2.00 bits per heavy atom. The maximum absolute atomic E-state index is 4.59. The Hall–Kier alpha value is -1.25. The van der Waals surface area contributed by atoms with Crippen LogP contribution in [0.15, 0.2) is 18.2 Å². The number of pyridine rings is 1. The normalized spacial score (nSPS) is 27.8. The number of hydrogen-bond donors (Lipinski definition) is 2. The summed E-state index contributed by atoms with van der Waals surface area (Å²) < 4.78 is 0. The van der Waals surface area contributed by atoms with Crippen LogP contribution < -0.4 is 10.6 Å². The van der Waals surface area contributed by atoms with Crippen LogP contribution in [0.3, 0.4) is 0 Å². The first-order valence-corrected chi connectivity index (χ1v) is 7.18. The first-order chi connectivity index (χ1) is 8.70. The third-order valence-corrected chi connectivity index (χ3v) is 4.15. The molecule has 3 nitrogen and oxygen atoms in total. The van der Waals surface area contributed by atoms with E-state index in [1.54, 1.807) is 0 Å². The molecular weight excluding hydrogens is 222 g/mol. The van der Waals surface area contributed by atoms with Gasteiger partial charge < -0.3 is 10.6 Å². The van der Waals surface area contributed by atoms with Crippen LogP contribution in [0.2, 0.25) is 0 Å². The molecule has 0 aromatic carbocycles.